The molecule has 0 unspecified atom stereocenters. The zero-order valence-corrected chi connectivity index (χ0v) is 16.8. The maximum atomic E-state index is 13.2. The number of hydrogen-bond acceptors (Lipinski definition) is 3. The minimum atomic E-state index is -4.54. The Morgan fingerprint density at radius 3 is 2.43 bits per heavy atom. The summed E-state index contributed by atoms with van der Waals surface area (Å²) >= 11 is 0. The fourth-order valence-electron chi connectivity index (χ4n) is 3.24. The fourth-order valence-corrected chi connectivity index (χ4v) is 3.24. The molecular formula is C22H23F3N2O3. The van der Waals surface area contributed by atoms with E-state index in [4.69, 9.17) is 4.74 Å². The number of anilines is 1. The van der Waals surface area contributed by atoms with Crippen LogP contribution in [0.5, 0.6) is 5.75 Å². The molecule has 0 aliphatic carbocycles. The largest absolute Gasteiger partial charge is 0.491 e. The van der Waals surface area contributed by atoms with Gasteiger partial charge in [0.15, 0.2) is 0 Å². The van der Waals surface area contributed by atoms with E-state index in [-0.39, 0.29) is 29.9 Å². The summed E-state index contributed by atoms with van der Waals surface area (Å²) in [5, 5.41) is 0. The van der Waals surface area contributed by atoms with Gasteiger partial charge in [0.2, 0.25) is 5.91 Å². The number of ether oxygens (including phenoxy) is 1. The van der Waals surface area contributed by atoms with Crippen LogP contribution in [0.2, 0.25) is 0 Å². The Kier molecular flexibility index (Phi) is 6.34. The molecule has 1 aliphatic rings. The van der Waals surface area contributed by atoms with Crippen LogP contribution >= 0.6 is 0 Å². The zero-order chi connectivity index (χ0) is 21.9. The van der Waals surface area contributed by atoms with Crippen LogP contribution in [0, 0.1) is 0 Å². The number of rotatable bonds is 6. The standard InChI is InChI=1S/C22H23F3N2O3/c1-15(2)30-19-10-8-16(9-11-19)21(29)27(14-26-12-4-7-20(26)28)18-6-3-5-17(13-18)22(23,24)25/h3,5-6,8-11,13,15H,4,7,12,14H2,1-2H3. The minimum absolute atomic E-state index is 0.0330. The van der Waals surface area contributed by atoms with Crippen molar-refractivity contribution in [3.05, 3.63) is 59.7 Å². The van der Waals surface area contributed by atoms with Crippen LogP contribution in [0.15, 0.2) is 48.5 Å². The van der Waals surface area contributed by atoms with E-state index in [2.05, 4.69) is 0 Å². The molecule has 3 rings (SSSR count). The number of hydrogen-bond donors (Lipinski definition) is 0. The second-order valence-electron chi connectivity index (χ2n) is 7.37. The van der Waals surface area contributed by atoms with Gasteiger partial charge in [0.25, 0.3) is 5.91 Å². The Balaban J connectivity index is 1.93. The first-order chi connectivity index (χ1) is 14.1. The maximum absolute atomic E-state index is 13.2. The van der Waals surface area contributed by atoms with E-state index in [1.54, 1.807) is 24.3 Å². The van der Waals surface area contributed by atoms with E-state index >= 15 is 0 Å². The molecule has 0 atom stereocenters. The highest BCUT2D eigenvalue weighted by atomic mass is 19.4. The van der Waals surface area contributed by atoms with Crippen molar-refractivity contribution in [2.75, 3.05) is 18.1 Å². The van der Waals surface area contributed by atoms with Crippen molar-refractivity contribution >= 4 is 17.5 Å². The third kappa shape index (κ3) is 5.11. The molecule has 1 saturated heterocycles. The summed E-state index contributed by atoms with van der Waals surface area (Å²) in [6.45, 7) is 4.11. The van der Waals surface area contributed by atoms with E-state index in [0.29, 0.717) is 25.1 Å². The van der Waals surface area contributed by atoms with E-state index in [0.717, 1.165) is 12.1 Å². The Morgan fingerprint density at radius 2 is 1.87 bits per heavy atom. The number of alkyl halides is 3. The van der Waals surface area contributed by atoms with Crippen molar-refractivity contribution in [2.45, 2.75) is 39.0 Å². The molecule has 30 heavy (non-hydrogen) atoms. The second kappa shape index (κ2) is 8.77. The SMILES string of the molecule is CC(C)Oc1ccc(C(=O)N(CN2CCCC2=O)c2cccc(C(F)(F)F)c2)cc1. The van der Waals surface area contributed by atoms with Gasteiger partial charge in [-0.25, -0.2) is 0 Å². The summed E-state index contributed by atoms with van der Waals surface area (Å²) in [5.41, 5.74) is -0.488. The summed E-state index contributed by atoms with van der Waals surface area (Å²) < 4.78 is 45.1. The third-order valence-corrected chi connectivity index (χ3v) is 4.69. The van der Waals surface area contributed by atoms with Crippen LogP contribution < -0.4 is 9.64 Å². The van der Waals surface area contributed by atoms with Crippen LogP contribution in [0.4, 0.5) is 18.9 Å². The highest BCUT2D eigenvalue weighted by molar-refractivity contribution is 6.06. The van der Waals surface area contributed by atoms with Gasteiger partial charge in [-0.15, -0.1) is 0 Å². The molecule has 0 spiro atoms. The molecule has 2 aromatic rings. The highest BCUT2D eigenvalue weighted by Gasteiger charge is 2.32. The van der Waals surface area contributed by atoms with Gasteiger partial charge in [-0.3, -0.25) is 14.5 Å². The summed E-state index contributed by atoms with van der Waals surface area (Å²) in [6.07, 6.45) is -3.55. The summed E-state index contributed by atoms with van der Waals surface area (Å²) in [4.78, 5) is 28.0. The summed E-state index contributed by atoms with van der Waals surface area (Å²) in [7, 11) is 0. The third-order valence-electron chi connectivity index (χ3n) is 4.69. The molecule has 1 aliphatic heterocycles. The molecule has 1 fully saturated rings. The number of carbonyl (C=O) groups excluding carboxylic acids is 2. The zero-order valence-electron chi connectivity index (χ0n) is 16.8. The number of benzene rings is 2. The van der Waals surface area contributed by atoms with Crippen molar-refractivity contribution < 1.29 is 27.5 Å². The quantitative estimate of drug-likeness (QED) is 0.680. The summed E-state index contributed by atoms with van der Waals surface area (Å²) in [6, 6.07) is 11.0. The van der Waals surface area contributed by atoms with Gasteiger partial charge in [-0.05, 0) is 62.7 Å². The monoisotopic (exact) mass is 420 g/mol. The fraction of sp³-hybridized carbons (Fsp3) is 0.364. The molecule has 0 saturated carbocycles. The van der Waals surface area contributed by atoms with Crippen molar-refractivity contribution in [1.29, 1.82) is 0 Å². The van der Waals surface area contributed by atoms with Crippen molar-refractivity contribution in [2.24, 2.45) is 0 Å². The van der Waals surface area contributed by atoms with Crippen molar-refractivity contribution in [1.82, 2.24) is 4.90 Å². The normalized spacial score (nSPS) is 14.3. The Labute approximate surface area is 173 Å². The Hall–Kier alpha value is -3.03. The molecular weight excluding hydrogens is 397 g/mol. The lowest BCUT2D eigenvalue weighted by Crippen LogP contribution is -2.42. The average Bonchev–Trinajstić information content (AvgIpc) is 3.10. The first-order valence-electron chi connectivity index (χ1n) is 9.69. The first-order valence-corrected chi connectivity index (χ1v) is 9.69. The molecule has 0 aromatic heterocycles. The second-order valence-corrected chi connectivity index (χ2v) is 7.37. The van der Waals surface area contributed by atoms with Gasteiger partial charge < -0.3 is 9.64 Å². The molecule has 160 valence electrons. The highest BCUT2D eigenvalue weighted by Crippen LogP contribution is 2.32. The van der Waals surface area contributed by atoms with Crippen molar-refractivity contribution in [3.8, 4) is 5.75 Å². The van der Waals surface area contributed by atoms with Gasteiger partial charge in [0.05, 0.1) is 11.7 Å². The Bertz CT molecular complexity index is 911. The predicted octanol–water partition coefficient (Wildman–Crippen LogP) is 4.72. The molecule has 0 bridgehead atoms. The molecule has 1 heterocycles. The Morgan fingerprint density at radius 1 is 1.17 bits per heavy atom. The van der Waals surface area contributed by atoms with Crippen LogP contribution in [-0.2, 0) is 11.0 Å². The average molecular weight is 420 g/mol. The van der Waals surface area contributed by atoms with Crippen LogP contribution in [0.3, 0.4) is 0 Å². The molecule has 0 radical (unpaired) electrons. The molecule has 5 nitrogen and oxygen atoms in total. The van der Waals surface area contributed by atoms with Crippen LogP contribution in [0.1, 0.15) is 42.6 Å². The molecule has 0 N–H and O–H groups in total. The van der Waals surface area contributed by atoms with Crippen molar-refractivity contribution in [3.63, 3.8) is 0 Å². The summed E-state index contributed by atoms with van der Waals surface area (Å²) in [5.74, 6) is -0.0348. The van der Waals surface area contributed by atoms with Gasteiger partial charge in [-0.2, -0.15) is 13.2 Å². The van der Waals surface area contributed by atoms with Gasteiger partial charge >= 0.3 is 6.18 Å². The van der Waals surface area contributed by atoms with E-state index in [1.807, 2.05) is 13.8 Å². The minimum Gasteiger partial charge on any atom is -0.491 e. The predicted molar refractivity (Wildman–Crippen MR) is 106 cm³/mol. The van der Waals surface area contributed by atoms with E-state index in [1.165, 1.54) is 21.9 Å². The number of carbonyl (C=O) groups is 2. The van der Waals surface area contributed by atoms with Gasteiger partial charge in [0, 0.05) is 24.2 Å². The van der Waals surface area contributed by atoms with E-state index < -0.39 is 17.6 Å². The topological polar surface area (TPSA) is 49.9 Å². The first kappa shape index (κ1) is 21.7. The lowest BCUT2D eigenvalue weighted by molar-refractivity contribution is -0.137. The number of amides is 2. The molecule has 2 aromatic carbocycles. The lowest BCUT2D eigenvalue weighted by atomic mass is 10.1. The molecule has 8 heteroatoms. The lowest BCUT2D eigenvalue weighted by Gasteiger charge is -2.28. The molecule has 2 amide bonds. The number of halogens is 3. The van der Waals surface area contributed by atoms with Gasteiger partial charge in [-0.1, -0.05) is 6.07 Å². The number of nitrogens with zero attached hydrogens (tertiary/aromatic N) is 2. The smallest absolute Gasteiger partial charge is 0.416 e. The van der Waals surface area contributed by atoms with E-state index in [9.17, 15) is 22.8 Å². The van der Waals surface area contributed by atoms with Crippen LogP contribution in [0.25, 0.3) is 0 Å². The number of likely N-dealkylation sites (tertiary alicyclic amines) is 1. The van der Waals surface area contributed by atoms with Crippen LogP contribution in [-0.4, -0.2) is 36.0 Å². The maximum Gasteiger partial charge on any atom is 0.416 e. The van der Waals surface area contributed by atoms with Gasteiger partial charge in [0.1, 0.15) is 12.4 Å².